The molecule has 0 spiro atoms. The van der Waals surface area contributed by atoms with Crippen molar-refractivity contribution in [2.24, 2.45) is 0 Å². The van der Waals surface area contributed by atoms with Crippen molar-refractivity contribution >= 4 is 28.6 Å². The molecule has 124 valence electrons. The van der Waals surface area contributed by atoms with Crippen LogP contribution in [0.1, 0.15) is 37.6 Å². The van der Waals surface area contributed by atoms with Gasteiger partial charge < -0.3 is 14.6 Å². The van der Waals surface area contributed by atoms with E-state index in [1.165, 1.54) is 10.9 Å². The van der Waals surface area contributed by atoms with E-state index in [4.69, 9.17) is 4.74 Å². The zero-order valence-corrected chi connectivity index (χ0v) is 14.6. The van der Waals surface area contributed by atoms with Gasteiger partial charge in [0.1, 0.15) is 5.37 Å². The fourth-order valence-corrected chi connectivity index (χ4v) is 4.27. The zero-order chi connectivity index (χ0) is 16.2. The predicted molar refractivity (Wildman–Crippen MR) is 95.5 cm³/mol. The van der Waals surface area contributed by atoms with Crippen LogP contribution in [-0.4, -0.2) is 40.8 Å². The van der Waals surface area contributed by atoms with Crippen LogP contribution in [0, 0.1) is 0 Å². The van der Waals surface area contributed by atoms with Gasteiger partial charge in [-0.2, -0.15) is 0 Å². The molecule has 2 aromatic rings. The maximum absolute atomic E-state index is 12.4. The molecule has 1 aromatic heterocycles. The van der Waals surface area contributed by atoms with Gasteiger partial charge in [0.15, 0.2) is 0 Å². The highest BCUT2D eigenvalue weighted by molar-refractivity contribution is 7.99. The number of nitrogens with zero attached hydrogens (tertiary/aromatic N) is 1. The number of H-pyrrole nitrogens is 1. The minimum absolute atomic E-state index is 0.103. The second kappa shape index (κ2) is 7.41. The Balaban J connectivity index is 1.76. The number of rotatable bonds is 6. The minimum Gasteiger partial charge on any atom is -0.379 e. The van der Waals surface area contributed by atoms with Gasteiger partial charge >= 0.3 is 0 Å². The molecular weight excluding hydrogens is 308 g/mol. The van der Waals surface area contributed by atoms with Gasteiger partial charge in [0.2, 0.25) is 5.91 Å². The smallest absolute Gasteiger partial charge is 0.224 e. The fourth-order valence-electron chi connectivity index (χ4n) is 2.97. The molecule has 1 amide bonds. The molecule has 1 unspecified atom stereocenters. The molecule has 3 rings (SSSR count). The summed E-state index contributed by atoms with van der Waals surface area (Å²) in [5, 5.41) is 1.31. The summed E-state index contributed by atoms with van der Waals surface area (Å²) in [6.45, 7) is 5.53. The van der Waals surface area contributed by atoms with Gasteiger partial charge in [0, 0.05) is 48.0 Å². The molecular formula is C18H24N2O2S. The molecule has 1 saturated heterocycles. The number of benzene rings is 1. The average molecular weight is 332 g/mol. The van der Waals surface area contributed by atoms with Crippen LogP contribution in [0.25, 0.3) is 10.9 Å². The number of carbonyl (C=O) groups excluding carboxylic acids is 1. The number of aromatic nitrogens is 1. The molecule has 0 bridgehead atoms. The van der Waals surface area contributed by atoms with Crippen LogP contribution in [0.15, 0.2) is 30.5 Å². The molecule has 23 heavy (non-hydrogen) atoms. The summed E-state index contributed by atoms with van der Waals surface area (Å²) in [6.07, 6.45) is 3.81. The van der Waals surface area contributed by atoms with Gasteiger partial charge in [-0.15, -0.1) is 11.8 Å². The highest BCUT2D eigenvalue weighted by atomic mass is 32.2. The number of ether oxygens (including phenoxy) is 1. The van der Waals surface area contributed by atoms with E-state index in [1.54, 1.807) is 0 Å². The lowest BCUT2D eigenvalue weighted by Crippen LogP contribution is -2.38. The summed E-state index contributed by atoms with van der Waals surface area (Å²) in [5.41, 5.74) is 2.34. The number of amides is 1. The lowest BCUT2D eigenvalue weighted by atomic mass is 10.1. The third-order valence-corrected chi connectivity index (χ3v) is 5.34. The summed E-state index contributed by atoms with van der Waals surface area (Å²) < 4.78 is 5.61. The molecule has 1 aromatic carbocycles. The number of thioether (sulfide) groups is 1. The molecule has 5 heteroatoms. The Kier molecular flexibility index (Phi) is 5.28. The maximum Gasteiger partial charge on any atom is 0.224 e. The Bertz CT molecular complexity index is 668. The number of hydrogen-bond acceptors (Lipinski definition) is 3. The van der Waals surface area contributed by atoms with Crippen molar-refractivity contribution in [1.82, 2.24) is 9.88 Å². The van der Waals surface area contributed by atoms with Gasteiger partial charge in [-0.05, 0) is 26.3 Å². The fraction of sp³-hybridized carbons (Fsp3) is 0.500. The highest BCUT2D eigenvalue weighted by Crippen LogP contribution is 2.40. The van der Waals surface area contributed by atoms with Crippen LogP contribution in [0.5, 0.6) is 0 Å². The van der Waals surface area contributed by atoms with E-state index in [0.717, 1.165) is 24.2 Å². The SMILES string of the molecule is CC(C)OCCCN1C(=O)CCSC1c1c[nH]c2ccccc12. The molecule has 0 radical (unpaired) electrons. The van der Waals surface area contributed by atoms with Crippen molar-refractivity contribution in [3.63, 3.8) is 0 Å². The van der Waals surface area contributed by atoms with Crippen molar-refractivity contribution in [2.45, 2.75) is 38.2 Å². The summed E-state index contributed by atoms with van der Waals surface area (Å²) in [4.78, 5) is 17.8. The molecule has 1 atom stereocenters. The molecule has 0 aliphatic carbocycles. The van der Waals surface area contributed by atoms with Crippen LogP contribution in [0.4, 0.5) is 0 Å². The van der Waals surface area contributed by atoms with Crippen LogP contribution in [-0.2, 0) is 9.53 Å². The van der Waals surface area contributed by atoms with Crippen LogP contribution in [0.3, 0.4) is 0 Å². The van der Waals surface area contributed by atoms with Crippen molar-refractivity contribution in [3.8, 4) is 0 Å². The maximum atomic E-state index is 12.4. The number of aromatic amines is 1. The predicted octanol–water partition coefficient (Wildman–Crippen LogP) is 3.95. The summed E-state index contributed by atoms with van der Waals surface area (Å²) >= 11 is 1.86. The van der Waals surface area contributed by atoms with E-state index in [1.807, 2.05) is 36.6 Å². The normalized spacial score (nSPS) is 19.0. The Morgan fingerprint density at radius 1 is 1.39 bits per heavy atom. The first-order chi connectivity index (χ1) is 11.2. The third-order valence-electron chi connectivity index (χ3n) is 4.08. The van der Waals surface area contributed by atoms with Gasteiger partial charge in [0.25, 0.3) is 0 Å². The van der Waals surface area contributed by atoms with E-state index < -0.39 is 0 Å². The molecule has 1 aliphatic rings. The van der Waals surface area contributed by atoms with E-state index in [9.17, 15) is 4.79 Å². The minimum atomic E-state index is 0.103. The summed E-state index contributed by atoms with van der Waals surface area (Å²) in [6, 6.07) is 8.29. The van der Waals surface area contributed by atoms with E-state index in [2.05, 4.69) is 29.4 Å². The lowest BCUT2D eigenvalue weighted by molar-refractivity contribution is -0.132. The highest BCUT2D eigenvalue weighted by Gasteiger charge is 2.30. The van der Waals surface area contributed by atoms with Gasteiger partial charge in [-0.3, -0.25) is 4.79 Å². The van der Waals surface area contributed by atoms with E-state index in [-0.39, 0.29) is 17.4 Å². The topological polar surface area (TPSA) is 45.3 Å². The van der Waals surface area contributed by atoms with E-state index in [0.29, 0.717) is 13.0 Å². The molecule has 1 fully saturated rings. The van der Waals surface area contributed by atoms with Crippen molar-refractivity contribution in [3.05, 3.63) is 36.0 Å². The standard InChI is InChI=1S/C18H24N2O2S/c1-13(2)22-10-5-9-20-17(21)8-11-23-18(20)15-12-19-16-7-4-3-6-14(15)16/h3-4,6-7,12-13,18-19H,5,8-11H2,1-2H3. The monoisotopic (exact) mass is 332 g/mol. The third kappa shape index (κ3) is 3.72. The molecule has 2 heterocycles. The van der Waals surface area contributed by atoms with Crippen LogP contribution < -0.4 is 0 Å². The number of fused-ring (bicyclic) bond motifs is 1. The zero-order valence-electron chi connectivity index (χ0n) is 13.7. The quantitative estimate of drug-likeness (QED) is 0.815. The van der Waals surface area contributed by atoms with Crippen molar-refractivity contribution < 1.29 is 9.53 Å². The van der Waals surface area contributed by atoms with Crippen LogP contribution in [0.2, 0.25) is 0 Å². The van der Waals surface area contributed by atoms with Gasteiger partial charge in [-0.1, -0.05) is 18.2 Å². The number of para-hydroxylation sites is 1. The number of carbonyl (C=O) groups is 1. The second-order valence-corrected chi connectivity index (χ2v) is 7.31. The Labute approximate surface area is 141 Å². The molecule has 4 nitrogen and oxygen atoms in total. The number of nitrogens with one attached hydrogen (secondary N) is 1. The Morgan fingerprint density at radius 3 is 3.04 bits per heavy atom. The first-order valence-electron chi connectivity index (χ1n) is 8.25. The van der Waals surface area contributed by atoms with Crippen LogP contribution >= 0.6 is 11.8 Å². The van der Waals surface area contributed by atoms with Gasteiger partial charge in [0.05, 0.1) is 6.10 Å². The lowest BCUT2D eigenvalue weighted by Gasteiger charge is -2.35. The Morgan fingerprint density at radius 2 is 2.22 bits per heavy atom. The first kappa shape index (κ1) is 16.4. The average Bonchev–Trinajstić information content (AvgIpc) is 2.96. The number of hydrogen-bond donors (Lipinski definition) is 1. The largest absolute Gasteiger partial charge is 0.379 e. The van der Waals surface area contributed by atoms with Crippen molar-refractivity contribution in [1.29, 1.82) is 0 Å². The van der Waals surface area contributed by atoms with Gasteiger partial charge in [-0.25, -0.2) is 0 Å². The molecule has 1 aliphatic heterocycles. The second-order valence-electron chi connectivity index (χ2n) is 6.12. The van der Waals surface area contributed by atoms with Crippen molar-refractivity contribution in [2.75, 3.05) is 18.9 Å². The molecule has 0 saturated carbocycles. The summed E-state index contributed by atoms with van der Waals surface area (Å²) in [7, 11) is 0. The molecule has 1 N–H and O–H groups in total. The summed E-state index contributed by atoms with van der Waals surface area (Å²) in [5.74, 6) is 1.14. The first-order valence-corrected chi connectivity index (χ1v) is 9.30. The van der Waals surface area contributed by atoms with E-state index >= 15 is 0 Å². The Hall–Kier alpha value is -1.46.